The lowest BCUT2D eigenvalue weighted by molar-refractivity contribution is -0.303. The SMILES string of the molecule is CCCC/C=C\CCCCCCC(O)C(=O)NC(COC1OC(CO)C(O)C(O)C1O)C(O)C(O)CCC/C=C/CCCCCCCCCCCCCCCCCCCCC. The van der Waals surface area contributed by atoms with E-state index in [-0.39, 0.29) is 12.8 Å². The molecule has 1 rings (SSSR count). The Morgan fingerprint density at radius 3 is 1.46 bits per heavy atom. The number of aliphatic hydroxyl groups is 7. The van der Waals surface area contributed by atoms with Crippen LogP contribution in [0, 0.1) is 0 Å². The number of nitrogens with one attached hydrogen (secondary N) is 1. The molecule has 0 aromatic heterocycles. The smallest absolute Gasteiger partial charge is 0.249 e. The summed E-state index contributed by atoms with van der Waals surface area (Å²) in [5, 5.41) is 75.6. The molecule has 61 heavy (non-hydrogen) atoms. The zero-order chi connectivity index (χ0) is 44.8. The first-order chi connectivity index (χ1) is 29.7. The molecule has 1 saturated heterocycles. The molecule has 0 aromatic rings. The lowest BCUT2D eigenvalue weighted by atomic mass is 9.98. The molecule has 0 spiro atoms. The molecule has 1 heterocycles. The molecule has 8 N–H and O–H groups in total. The highest BCUT2D eigenvalue weighted by Crippen LogP contribution is 2.23. The Labute approximate surface area is 372 Å². The van der Waals surface area contributed by atoms with Crippen LogP contribution in [0.2, 0.25) is 0 Å². The highest BCUT2D eigenvalue weighted by Gasteiger charge is 2.44. The topological polar surface area (TPSA) is 189 Å². The molecule has 1 amide bonds. The van der Waals surface area contributed by atoms with Gasteiger partial charge in [0.05, 0.1) is 25.4 Å². The summed E-state index contributed by atoms with van der Waals surface area (Å²) in [6.45, 7) is 3.38. The highest BCUT2D eigenvalue weighted by molar-refractivity contribution is 5.80. The maximum atomic E-state index is 13.0. The van der Waals surface area contributed by atoms with Crippen LogP contribution in [0.3, 0.4) is 0 Å². The Hall–Kier alpha value is -1.41. The van der Waals surface area contributed by atoms with Gasteiger partial charge in [0, 0.05) is 0 Å². The van der Waals surface area contributed by atoms with Gasteiger partial charge in [-0.1, -0.05) is 186 Å². The van der Waals surface area contributed by atoms with E-state index in [2.05, 4.69) is 43.5 Å². The average Bonchev–Trinajstić information content (AvgIpc) is 3.26. The second kappa shape index (κ2) is 40.1. The van der Waals surface area contributed by atoms with Gasteiger partial charge in [0.1, 0.15) is 36.6 Å². The molecular weight excluding hydrogens is 775 g/mol. The van der Waals surface area contributed by atoms with Gasteiger partial charge in [0.25, 0.3) is 0 Å². The van der Waals surface area contributed by atoms with Crippen LogP contribution in [-0.2, 0) is 14.3 Å². The van der Waals surface area contributed by atoms with Gasteiger partial charge in [-0.15, -0.1) is 0 Å². The summed E-state index contributed by atoms with van der Waals surface area (Å²) in [5.74, 6) is -0.717. The Morgan fingerprint density at radius 1 is 0.557 bits per heavy atom. The van der Waals surface area contributed by atoms with Crippen LogP contribution in [0.5, 0.6) is 0 Å². The number of ether oxygens (including phenoxy) is 2. The minimum Gasteiger partial charge on any atom is -0.394 e. The van der Waals surface area contributed by atoms with Crippen LogP contribution < -0.4 is 5.32 Å². The molecule has 9 unspecified atom stereocenters. The maximum Gasteiger partial charge on any atom is 0.249 e. The van der Waals surface area contributed by atoms with E-state index in [0.717, 1.165) is 51.4 Å². The summed E-state index contributed by atoms with van der Waals surface area (Å²) in [6, 6.07) is -1.19. The molecule has 1 aliphatic rings. The predicted molar refractivity (Wildman–Crippen MR) is 247 cm³/mol. The van der Waals surface area contributed by atoms with Crippen LogP contribution in [0.4, 0.5) is 0 Å². The van der Waals surface area contributed by atoms with Crippen molar-refractivity contribution in [2.75, 3.05) is 13.2 Å². The van der Waals surface area contributed by atoms with Crippen LogP contribution in [0.25, 0.3) is 0 Å². The summed E-state index contributed by atoms with van der Waals surface area (Å²) in [4.78, 5) is 13.0. The van der Waals surface area contributed by atoms with Gasteiger partial charge in [-0.3, -0.25) is 4.79 Å². The van der Waals surface area contributed by atoms with E-state index in [9.17, 15) is 40.5 Å². The summed E-state index contributed by atoms with van der Waals surface area (Å²) in [7, 11) is 0. The number of aliphatic hydroxyl groups excluding tert-OH is 7. The first kappa shape index (κ1) is 57.6. The van der Waals surface area contributed by atoms with E-state index >= 15 is 0 Å². The van der Waals surface area contributed by atoms with Gasteiger partial charge in [-0.2, -0.15) is 0 Å². The van der Waals surface area contributed by atoms with Gasteiger partial charge < -0.3 is 50.5 Å². The van der Waals surface area contributed by atoms with Gasteiger partial charge in [0.2, 0.25) is 5.91 Å². The van der Waals surface area contributed by atoms with Crippen molar-refractivity contribution in [1.29, 1.82) is 0 Å². The highest BCUT2D eigenvalue weighted by atomic mass is 16.7. The molecule has 0 aromatic carbocycles. The number of amides is 1. The Bertz CT molecular complexity index is 1040. The summed E-state index contributed by atoms with van der Waals surface area (Å²) < 4.78 is 11.1. The van der Waals surface area contributed by atoms with Crippen molar-refractivity contribution in [3.8, 4) is 0 Å². The van der Waals surface area contributed by atoms with E-state index in [1.54, 1.807) is 0 Å². The molecule has 0 radical (unpaired) electrons. The minimum atomic E-state index is -1.67. The molecule has 360 valence electrons. The molecule has 0 bridgehead atoms. The van der Waals surface area contributed by atoms with Crippen molar-refractivity contribution in [2.24, 2.45) is 0 Å². The van der Waals surface area contributed by atoms with Crippen molar-refractivity contribution in [2.45, 2.75) is 274 Å². The number of hydrogen-bond acceptors (Lipinski definition) is 10. The van der Waals surface area contributed by atoms with E-state index in [4.69, 9.17) is 9.47 Å². The summed E-state index contributed by atoms with van der Waals surface area (Å²) in [6.07, 6.45) is 34.0. The Morgan fingerprint density at radius 2 is 0.984 bits per heavy atom. The van der Waals surface area contributed by atoms with Crippen LogP contribution in [0.1, 0.15) is 219 Å². The molecule has 9 atom stereocenters. The van der Waals surface area contributed by atoms with Crippen molar-refractivity contribution < 1.29 is 50.0 Å². The third-order valence-corrected chi connectivity index (χ3v) is 12.2. The lowest BCUT2D eigenvalue weighted by Gasteiger charge is -2.40. The normalized spacial score (nSPS) is 21.6. The molecule has 0 aliphatic carbocycles. The van der Waals surface area contributed by atoms with E-state index in [0.29, 0.717) is 12.8 Å². The monoisotopic (exact) mass is 870 g/mol. The van der Waals surface area contributed by atoms with Gasteiger partial charge in [-0.05, 0) is 57.8 Å². The van der Waals surface area contributed by atoms with Gasteiger partial charge in [-0.25, -0.2) is 0 Å². The minimum absolute atomic E-state index is 0.239. The van der Waals surface area contributed by atoms with Gasteiger partial charge >= 0.3 is 0 Å². The standard InChI is InChI=1S/C50H95NO10/c1-3-5-7-9-11-13-15-16-17-18-19-20-21-22-23-24-25-26-27-28-30-31-33-35-37-42(53)45(55)41(40-60-50-48(58)47(57)46(56)44(39-52)61-50)51-49(59)43(54)38-36-34-32-29-14-12-10-8-6-4-2/h10,12,30-31,41-48,50,52-58H,3-9,11,13-29,32-40H2,1-2H3,(H,51,59)/b12-10-,31-30+. The molecule has 11 nitrogen and oxygen atoms in total. The average molecular weight is 870 g/mol. The van der Waals surface area contributed by atoms with Crippen LogP contribution >= 0.6 is 0 Å². The number of unbranched alkanes of at least 4 members (excludes halogenated alkanes) is 26. The number of allylic oxidation sites excluding steroid dienone is 4. The molecule has 11 heteroatoms. The third kappa shape index (κ3) is 29.6. The number of hydrogen-bond donors (Lipinski definition) is 8. The first-order valence-corrected chi connectivity index (χ1v) is 25.2. The lowest BCUT2D eigenvalue weighted by Crippen LogP contribution is -2.60. The molecule has 1 fully saturated rings. The third-order valence-electron chi connectivity index (χ3n) is 12.2. The fourth-order valence-corrected chi connectivity index (χ4v) is 8.01. The van der Waals surface area contributed by atoms with Crippen molar-refractivity contribution in [3.05, 3.63) is 24.3 Å². The van der Waals surface area contributed by atoms with Crippen molar-refractivity contribution >= 4 is 5.91 Å². The van der Waals surface area contributed by atoms with Crippen molar-refractivity contribution in [1.82, 2.24) is 5.32 Å². The molecule has 0 saturated carbocycles. The fraction of sp³-hybridized carbons (Fsp3) is 0.900. The zero-order valence-electron chi connectivity index (χ0n) is 38.9. The number of rotatable bonds is 42. The van der Waals surface area contributed by atoms with Crippen molar-refractivity contribution in [3.63, 3.8) is 0 Å². The Kier molecular flexibility index (Phi) is 37.9. The van der Waals surface area contributed by atoms with Crippen LogP contribution in [0.15, 0.2) is 24.3 Å². The first-order valence-electron chi connectivity index (χ1n) is 25.2. The second-order valence-corrected chi connectivity index (χ2v) is 17.9. The van der Waals surface area contributed by atoms with E-state index < -0.39 is 74.2 Å². The second-order valence-electron chi connectivity index (χ2n) is 17.9. The predicted octanol–water partition coefficient (Wildman–Crippen LogP) is 9.01. The van der Waals surface area contributed by atoms with E-state index in [1.807, 2.05) is 0 Å². The van der Waals surface area contributed by atoms with E-state index in [1.165, 1.54) is 128 Å². The zero-order valence-corrected chi connectivity index (χ0v) is 38.9. The summed E-state index contributed by atoms with van der Waals surface area (Å²) in [5.41, 5.74) is 0. The fourth-order valence-electron chi connectivity index (χ4n) is 8.01. The Balaban J connectivity index is 2.35. The van der Waals surface area contributed by atoms with Gasteiger partial charge in [0.15, 0.2) is 6.29 Å². The quantitative estimate of drug-likeness (QED) is 0.0217. The molecular formula is C50H95NO10. The number of carbonyl (C=O) groups excluding carboxylic acids is 1. The summed E-state index contributed by atoms with van der Waals surface area (Å²) >= 11 is 0. The maximum absolute atomic E-state index is 13.0. The largest absolute Gasteiger partial charge is 0.394 e. The molecule has 1 aliphatic heterocycles. The number of carbonyl (C=O) groups is 1. The van der Waals surface area contributed by atoms with Crippen LogP contribution in [-0.4, -0.2) is 110 Å².